The van der Waals surface area contributed by atoms with Crippen molar-refractivity contribution < 1.29 is 19.0 Å². The maximum Gasteiger partial charge on any atom is 0.326 e. The van der Waals surface area contributed by atoms with Crippen LogP contribution in [0.5, 0.6) is 0 Å². The Balaban J connectivity index is 3.71. The minimum Gasteiger partial charge on any atom is -0.465 e. The van der Waals surface area contributed by atoms with E-state index in [4.69, 9.17) is 14.2 Å². The average molecular weight is 303 g/mol. The maximum absolute atomic E-state index is 11.9. The molecule has 0 spiro atoms. The molecule has 0 aliphatic carbocycles. The lowest BCUT2D eigenvalue weighted by atomic mass is 9.95. The Morgan fingerprint density at radius 3 is 2.24 bits per heavy atom. The van der Waals surface area contributed by atoms with Gasteiger partial charge in [-0.15, -0.1) is 0 Å². The number of carbonyl (C=O) groups excluding carboxylic acids is 1. The molecule has 0 aromatic rings. The Kier molecular flexibility index (Phi) is 9.83. The van der Waals surface area contributed by atoms with Crippen molar-refractivity contribution in [3.05, 3.63) is 0 Å². The molecule has 0 aliphatic rings. The number of hydrogen-bond donors (Lipinski definition) is 1. The fourth-order valence-electron chi connectivity index (χ4n) is 1.81. The lowest BCUT2D eigenvalue weighted by Gasteiger charge is -2.26. The first-order chi connectivity index (χ1) is 9.75. The molecule has 0 aromatic heterocycles. The highest BCUT2D eigenvalue weighted by atomic mass is 16.5. The van der Waals surface area contributed by atoms with Gasteiger partial charge in [-0.05, 0) is 60.9 Å². The van der Waals surface area contributed by atoms with Gasteiger partial charge in [0.05, 0.1) is 25.4 Å². The number of hydrogen-bond acceptors (Lipinski definition) is 5. The summed E-state index contributed by atoms with van der Waals surface area (Å²) in [6.07, 6.45) is 2.58. The second kappa shape index (κ2) is 10.1. The van der Waals surface area contributed by atoms with E-state index >= 15 is 0 Å². The van der Waals surface area contributed by atoms with E-state index in [-0.39, 0.29) is 11.6 Å². The Labute approximate surface area is 129 Å². The molecule has 0 bridgehead atoms. The van der Waals surface area contributed by atoms with E-state index in [1.54, 1.807) is 7.05 Å². The first-order valence-electron chi connectivity index (χ1n) is 7.83. The third kappa shape index (κ3) is 9.82. The highest BCUT2D eigenvalue weighted by molar-refractivity contribution is 5.80. The molecular weight excluding hydrogens is 270 g/mol. The summed E-state index contributed by atoms with van der Waals surface area (Å²) in [5.74, 6) is -0.188. The zero-order valence-electron chi connectivity index (χ0n) is 14.6. The summed E-state index contributed by atoms with van der Waals surface area (Å²) in [5, 5.41) is 3.06. The second-order valence-corrected chi connectivity index (χ2v) is 6.33. The van der Waals surface area contributed by atoms with E-state index in [9.17, 15) is 4.79 Å². The van der Waals surface area contributed by atoms with Crippen LogP contribution >= 0.6 is 0 Å². The molecule has 0 aromatic carbocycles. The standard InChI is InChI=1S/C16H33NO4/c1-7-20-14(18)16(5,17-6)10-8-9-11-19-12-13-21-15(2,3)4/h17H,7-13H2,1-6H3. The predicted octanol–water partition coefficient (Wildman–Crippen LogP) is 2.53. The Morgan fingerprint density at radius 2 is 1.71 bits per heavy atom. The molecule has 0 aliphatic heterocycles. The molecule has 1 unspecified atom stereocenters. The fourth-order valence-corrected chi connectivity index (χ4v) is 1.81. The lowest BCUT2D eigenvalue weighted by Crippen LogP contribution is -2.48. The fraction of sp³-hybridized carbons (Fsp3) is 0.938. The van der Waals surface area contributed by atoms with Crippen LogP contribution in [0.25, 0.3) is 0 Å². The van der Waals surface area contributed by atoms with Crippen molar-refractivity contribution >= 4 is 5.97 Å². The molecular formula is C16H33NO4. The number of nitrogens with one attached hydrogen (secondary N) is 1. The van der Waals surface area contributed by atoms with Crippen LogP contribution in [-0.4, -0.2) is 50.6 Å². The Hall–Kier alpha value is -0.650. The summed E-state index contributed by atoms with van der Waals surface area (Å²) in [6, 6.07) is 0. The zero-order valence-corrected chi connectivity index (χ0v) is 14.6. The summed E-state index contributed by atoms with van der Waals surface area (Å²) in [7, 11) is 1.79. The van der Waals surface area contributed by atoms with E-state index in [1.807, 2.05) is 34.6 Å². The van der Waals surface area contributed by atoms with E-state index < -0.39 is 5.54 Å². The van der Waals surface area contributed by atoms with Crippen LogP contribution in [0.3, 0.4) is 0 Å². The van der Waals surface area contributed by atoms with Crippen LogP contribution in [0.4, 0.5) is 0 Å². The van der Waals surface area contributed by atoms with Gasteiger partial charge in [0.1, 0.15) is 5.54 Å². The number of ether oxygens (including phenoxy) is 3. The summed E-state index contributed by atoms with van der Waals surface area (Å²) in [4.78, 5) is 11.9. The third-order valence-electron chi connectivity index (χ3n) is 3.26. The number of carbonyl (C=O) groups is 1. The largest absolute Gasteiger partial charge is 0.465 e. The summed E-state index contributed by atoms with van der Waals surface area (Å²) in [5.41, 5.74) is -0.719. The van der Waals surface area contributed by atoms with Gasteiger partial charge in [-0.1, -0.05) is 0 Å². The average Bonchev–Trinajstić information content (AvgIpc) is 2.40. The predicted molar refractivity (Wildman–Crippen MR) is 84.5 cm³/mol. The lowest BCUT2D eigenvalue weighted by molar-refractivity contribution is -0.150. The van der Waals surface area contributed by atoms with Crippen molar-refractivity contribution in [2.45, 2.75) is 65.0 Å². The molecule has 0 fully saturated rings. The maximum atomic E-state index is 11.9. The molecule has 1 atom stereocenters. The molecule has 21 heavy (non-hydrogen) atoms. The molecule has 5 heteroatoms. The highest BCUT2D eigenvalue weighted by Crippen LogP contribution is 2.15. The molecule has 5 nitrogen and oxygen atoms in total. The van der Waals surface area contributed by atoms with Crippen molar-refractivity contribution in [3.8, 4) is 0 Å². The summed E-state index contributed by atoms with van der Waals surface area (Å²) < 4.78 is 16.2. The van der Waals surface area contributed by atoms with Crippen LogP contribution in [0.15, 0.2) is 0 Å². The SMILES string of the molecule is CCOC(=O)C(C)(CCCCOCCOC(C)(C)C)NC. The third-order valence-corrected chi connectivity index (χ3v) is 3.26. The van der Waals surface area contributed by atoms with Crippen LogP contribution in [0.1, 0.15) is 53.9 Å². The molecule has 0 saturated carbocycles. The van der Waals surface area contributed by atoms with Gasteiger partial charge >= 0.3 is 5.97 Å². The molecule has 126 valence electrons. The first kappa shape index (κ1) is 20.3. The molecule has 0 saturated heterocycles. The topological polar surface area (TPSA) is 56.8 Å². The van der Waals surface area contributed by atoms with Crippen molar-refractivity contribution in [2.75, 3.05) is 33.5 Å². The van der Waals surface area contributed by atoms with Crippen LogP contribution in [-0.2, 0) is 19.0 Å². The van der Waals surface area contributed by atoms with E-state index in [2.05, 4.69) is 5.32 Å². The van der Waals surface area contributed by atoms with E-state index in [0.717, 1.165) is 19.3 Å². The van der Waals surface area contributed by atoms with Gasteiger partial charge < -0.3 is 19.5 Å². The van der Waals surface area contributed by atoms with Gasteiger partial charge in [-0.25, -0.2) is 0 Å². The number of unbranched alkanes of at least 4 members (excludes halogenated alkanes) is 1. The highest BCUT2D eigenvalue weighted by Gasteiger charge is 2.32. The van der Waals surface area contributed by atoms with Gasteiger partial charge in [-0.2, -0.15) is 0 Å². The number of esters is 1. The first-order valence-corrected chi connectivity index (χ1v) is 7.83. The van der Waals surface area contributed by atoms with Crippen molar-refractivity contribution in [1.29, 1.82) is 0 Å². The minimum absolute atomic E-state index is 0.113. The Bertz CT molecular complexity index is 288. The summed E-state index contributed by atoms with van der Waals surface area (Å²) in [6.45, 7) is 12.1. The van der Waals surface area contributed by atoms with E-state index in [1.165, 1.54) is 0 Å². The van der Waals surface area contributed by atoms with Gasteiger partial charge in [0.15, 0.2) is 0 Å². The van der Waals surface area contributed by atoms with Crippen LogP contribution in [0, 0.1) is 0 Å². The van der Waals surface area contributed by atoms with Crippen molar-refractivity contribution in [3.63, 3.8) is 0 Å². The number of likely N-dealkylation sites (N-methyl/N-ethyl adjacent to an activating group) is 1. The Morgan fingerprint density at radius 1 is 1.05 bits per heavy atom. The van der Waals surface area contributed by atoms with Gasteiger partial charge in [-0.3, -0.25) is 4.79 Å². The number of rotatable bonds is 11. The molecule has 0 radical (unpaired) electrons. The molecule has 0 rings (SSSR count). The van der Waals surface area contributed by atoms with E-state index in [0.29, 0.717) is 26.4 Å². The van der Waals surface area contributed by atoms with Gasteiger partial charge in [0, 0.05) is 6.61 Å². The molecule has 1 N–H and O–H groups in total. The molecule has 0 heterocycles. The molecule has 0 amide bonds. The van der Waals surface area contributed by atoms with Crippen LogP contribution in [0.2, 0.25) is 0 Å². The van der Waals surface area contributed by atoms with Gasteiger partial charge in [0.2, 0.25) is 0 Å². The van der Waals surface area contributed by atoms with Gasteiger partial charge in [0.25, 0.3) is 0 Å². The van der Waals surface area contributed by atoms with Crippen LogP contribution < -0.4 is 5.32 Å². The van der Waals surface area contributed by atoms with Crippen molar-refractivity contribution in [2.24, 2.45) is 0 Å². The van der Waals surface area contributed by atoms with Crippen molar-refractivity contribution in [1.82, 2.24) is 5.32 Å². The monoisotopic (exact) mass is 303 g/mol. The summed E-state index contributed by atoms with van der Waals surface area (Å²) >= 11 is 0. The second-order valence-electron chi connectivity index (χ2n) is 6.33. The quantitative estimate of drug-likeness (QED) is 0.469. The minimum atomic E-state index is -0.606. The zero-order chi connectivity index (χ0) is 16.4. The smallest absolute Gasteiger partial charge is 0.326 e. The normalized spacial score (nSPS) is 14.8.